The van der Waals surface area contributed by atoms with E-state index in [2.05, 4.69) is 25.6 Å². The van der Waals surface area contributed by atoms with E-state index < -0.39 is 0 Å². The van der Waals surface area contributed by atoms with Crippen molar-refractivity contribution in [2.45, 2.75) is 0 Å². The van der Waals surface area contributed by atoms with E-state index in [4.69, 9.17) is 12.2 Å². The summed E-state index contributed by atoms with van der Waals surface area (Å²) in [5.41, 5.74) is 4.69. The van der Waals surface area contributed by atoms with Crippen LogP contribution < -0.4 is 15.6 Å². The van der Waals surface area contributed by atoms with E-state index in [1.807, 2.05) is 0 Å². The normalized spacial score (nSPS) is 11.0. The molecule has 2 aromatic carbocycles. The van der Waals surface area contributed by atoms with E-state index in [-0.39, 0.29) is 10.9 Å². The summed E-state index contributed by atoms with van der Waals surface area (Å²) in [6.45, 7) is 0. The highest BCUT2D eigenvalue weighted by Crippen LogP contribution is 2.09. The van der Waals surface area contributed by atoms with Crippen LogP contribution in [0.5, 0.6) is 0 Å². The van der Waals surface area contributed by atoms with Gasteiger partial charge in [-0.2, -0.15) is 5.10 Å². The molecular weight excluding hydrogens is 321 g/mol. The van der Waals surface area contributed by atoms with Crippen molar-refractivity contribution in [1.82, 2.24) is 10.6 Å². The molecule has 3 aromatic rings. The molecule has 0 atom stereocenters. The molecule has 0 spiro atoms. The van der Waals surface area contributed by atoms with Crippen molar-refractivity contribution in [3.05, 3.63) is 59.1 Å². The lowest BCUT2D eigenvalue weighted by molar-refractivity contribution is -0.782. The Morgan fingerprint density at radius 2 is 2.09 bits per heavy atom. The lowest BCUT2D eigenvalue weighted by Gasteiger charge is -2.06. The van der Waals surface area contributed by atoms with E-state index in [0.717, 1.165) is 0 Å². The Morgan fingerprint density at radius 1 is 1.30 bits per heavy atom. The Morgan fingerprint density at radius 3 is 2.87 bits per heavy atom. The van der Waals surface area contributed by atoms with Crippen LogP contribution >= 0.6 is 12.2 Å². The first-order chi connectivity index (χ1) is 11.1. The third-order valence-electron chi connectivity index (χ3n) is 2.89. The molecule has 0 saturated heterocycles. The van der Waals surface area contributed by atoms with Gasteiger partial charge in [-0.3, -0.25) is 10.1 Å². The summed E-state index contributed by atoms with van der Waals surface area (Å²) >= 11 is 5.06. The Hall–Kier alpha value is -3.07. The van der Waals surface area contributed by atoms with Crippen LogP contribution in [0.15, 0.2) is 52.2 Å². The molecule has 0 aliphatic carbocycles. The average Bonchev–Trinajstić information content (AvgIpc) is 2.91. The zero-order chi connectivity index (χ0) is 16.2. The molecule has 0 bridgehead atoms. The number of nitrogens with zero attached hydrogens (tertiary/aromatic N) is 3. The number of nitrogens with one attached hydrogen (secondary N) is 2. The minimum Gasteiger partial charge on any atom is -0.359 e. The highest BCUT2D eigenvalue weighted by atomic mass is 32.1. The molecule has 0 saturated carbocycles. The first-order valence-corrected chi connectivity index (χ1v) is 6.88. The molecule has 7 nitrogen and oxygen atoms in total. The minimum absolute atomic E-state index is 0.248. The maximum atomic E-state index is 12.8. The maximum Gasteiger partial charge on any atom is 0.248 e. The number of fused-ring (bicyclic) bond motifs is 1. The van der Waals surface area contributed by atoms with E-state index >= 15 is 0 Å². The van der Waals surface area contributed by atoms with Gasteiger partial charge >= 0.3 is 0 Å². The number of hydrogen-bond acceptors (Lipinski definition) is 5. The summed E-state index contributed by atoms with van der Waals surface area (Å²) in [4.78, 5) is 0.320. The fourth-order valence-corrected chi connectivity index (χ4v) is 2.00. The number of halogens is 1. The van der Waals surface area contributed by atoms with Crippen molar-refractivity contribution in [1.29, 1.82) is 0 Å². The molecule has 9 heteroatoms. The molecule has 1 aromatic heterocycles. The van der Waals surface area contributed by atoms with Crippen molar-refractivity contribution in [3.8, 4) is 0 Å². The van der Waals surface area contributed by atoms with Crippen LogP contribution in [-0.2, 0) is 0 Å². The minimum atomic E-state index is -0.327. The Labute approximate surface area is 134 Å². The second-order valence-electron chi connectivity index (χ2n) is 4.51. The molecule has 3 rings (SSSR count). The van der Waals surface area contributed by atoms with Gasteiger partial charge in [-0.25, -0.2) is 4.39 Å². The molecule has 0 aliphatic rings. The van der Waals surface area contributed by atoms with Gasteiger partial charge in [0.1, 0.15) is 5.82 Å². The summed E-state index contributed by atoms with van der Waals surface area (Å²) < 4.78 is 17.3. The van der Waals surface area contributed by atoms with Crippen LogP contribution in [0.4, 0.5) is 10.1 Å². The molecule has 0 amide bonds. The number of rotatable bonds is 3. The van der Waals surface area contributed by atoms with Gasteiger partial charge in [0, 0.05) is 16.9 Å². The highest BCUT2D eigenvalue weighted by Gasteiger charge is 2.08. The Balaban J connectivity index is 1.61. The summed E-state index contributed by atoms with van der Waals surface area (Å²) in [6.07, 6.45) is 1.49. The van der Waals surface area contributed by atoms with Gasteiger partial charge in [-0.05, 0) is 59.1 Å². The molecule has 0 unspecified atom stereocenters. The summed E-state index contributed by atoms with van der Waals surface area (Å²) in [5.74, 6) is -0.327. The van der Waals surface area contributed by atoms with Gasteiger partial charge < -0.3 is 10.5 Å². The standard InChI is InChI=1S/C14H10FN5O2S/c15-10-2-4-11(5-3-10)17-14(23)18-16-8-9-1-6-12-13(7-9)20(21)22-19-12/h1-8H,(H2,17,18,23). The predicted octanol–water partition coefficient (Wildman–Crippen LogP) is 1.92. The number of hydrazone groups is 1. The second-order valence-corrected chi connectivity index (χ2v) is 4.92. The first-order valence-electron chi connectivity index (χ1n) is 6.47. The van der Waals surface area contributed by atoms with Crippen LogP contribution in [0.3, 0.4) is 0 Å². The van der Waals surface area contributed by atoms with Crippen LogP contribution in [0.25, 0.3) is 11.0 Å². The number of anilines is 1. The fraction of sp³-hybridized carbons (Fsp3) is 0. The lowest BCUT2D eigenvalue weighted by atomic mass is 10.2. The van der Waals surface area contributed by atoms with Crippen LogP contribution in [0.2, 0.25) is 0 Å². The van der Waals surface area contributed by atoms with Crippen molar-refractivity contribution < 1.29 is 13.9 Å². The molecule has 23 heavy (non-hydrogen) atoms. The second kappa shape index (κ2) is 6.36. The van der Waals surface area contributed by atoms with E-state index in [1.54, 1.807) is 30.3 Å². The number of aromatic nitrogens is 2. The Bertz CT molecular complexity index is 879. The van der Waals surface area contributed by atoms with Crippen molar-refractivity contribution in [2.24, 2.45) is 5.10 Å². The topological polar surface area (TPSA) is 89.4 Å². The zero-order valence-corrected chi connectivity index (χ0v) is 12.4. The molecule has 1 heterocycles. The third kappa shape index (κ3) is 3.58. The predicted molar refractivity (Wildman–Crippen MR) is 86.3 cm³/mol. The lowest BCUT2D eigenvalue weighted by Crippen LogP contribution is -2.24. The average molecular weight is 331 g/mol. The maximum absolute atomic E-state index is 12.8. The van der Waals surface area contributed by atoms with Gasteiger partial charge in [0.05, 0.1) is 6.21 Å². The monoisotopic (exact) mass is 331 g/mol. The SMILES string of the molecule is [O-][n+]1onc2ccc(C=NNC(=S)Nc3ccc(F)cc3)cc21. The smallest absolute Gasteiger partial charge is 0.248 e. The van der Waals surface area contributed by atoms with Crippen molar-refractivity contribution in [3.63, 3.8) is 0 Å². The largest absolute Gasteiger partial charge is 0.359 e. The Kier molecular flexibility index (Phi) is 4.11. The number of hydrogen-bond donors (Lipinski definition) is 2. The highest BCUT2D eigenvalue weighted by molar-refractivity contribution is 7.80. The fourth-order valence-electron chi connectivity index (χ4n) is 1.83. The van der Waals surface area contributed by atoms with Crippen LogP contribution in [0.1, 0.15) is 5.56 Å². The van der Waals surface area contributed by atoms with Crippen molar-refractivity contribution >= 4 is 40.3 Å². The van der Waals surface area contributed by atoms with E-state index in [0.29, 0.717) is 27.2 Å². The summed E-state index contributed by atoms with van der Waals surface area (Å²) in [5, 5.41) is 21.9. The molecule has 0 fully saturated rings. The summed E-state index contributed by atoms with van der Waals surface area (Å²) in [7, 11) is 0. The van der Waals surface area contributed by atoms with Gasteiger partial charge in [0.15, 0.2) is 5.11 Å². The van der Waals surface area contributed by atoms with Gasteiger partial charge in [-0.15, -0.1) is 0 Å². The number of thiocarbonyl (C=S) groups is 1. The van der Waals surface area contributed by atoms with E-state index in [9.17, 15) is 9.60 Å². The van der Waals surface area contributed by atoms with Crippen LogP contribution in [0, 0.1) is 11.0 Å². The van der Waals surface area contributed by atoms with Gasteiger partial charge in [0.2, 0.25) is 11.0 Å². The number of benzene rings is 2. The third-order valence-corrected chi connectivity index (χ3v) is 3.08. The molecule has 0 aliphatic heterocycles. The molecule has 2 N–H and O–H groups in total. The van der Waals surface area contributed by atoms with Crippen molar-refractivity contribution in [2.75, 3.05) is 5.32 Å². The zero-order valence-electron chi connectivity index (χ0n) is 11.6. The molecule has 116 valence electrons. The quantitative estimate of drug-likeness (QED) is 0.330. The molecule has 0 radical (unpaired) electrons. The summed E-state index contributed by atoms with van der Waals surface area (Å²) in [6, 6.07) is 10.7. The van der Waals surface area contributed by atoms with E-state index in [1.165, 1.54) is 18.3 Å². The first kappa shape index (κ1) is 14.9. The van der Waals surface area contributed by atoms with Gasteiger partial charge in [-0.1, -0.05) is 0 Å². The van der Waals surface area contributed by atoms with Crippen LogP contribution in [-0.4, -0.2) is 16.5 Å². The van der Waals surface area contributed by atoms with Gasteiger partial charge in [0.25, 0.3) is 0 Å². The molecular formula is C14H10FN5O2S.